The molecule has 2 saturated heterocycles. The van der Waals surface area contributed by atoms with E-state index in [1.165, 1.54) is 18.4 Å². The molecule has 2 aromatic rings. The molecule has 37 heavy (non-hydrogen) atoms. The highest BCUT2D eigenvalue weighted by atomic mass is 79.9. The van der Waals surface area contributed by atoms with Crippen LogP contribution in [0.15, 0.2) is 34.9 Å². The van der Waals surface area contributed by atoms with E-state index in [2.05, 4.69) is 52.7 Å². The molecule has 3 aliphatic rings. The fraction of sp³-hybridized carbons (Fsp3) is 0.571. The topological polar surface area (TPSA) is 85.6 Å². The summed E-state index contributed by atoms with van der Waals surface area (Å²) >= 11 is 3.54. The summed E-state index contributed by atoms with van der Waals surface area (Å²) in [6.07, 6.45) is 8.34. The average molecular weight is 568 g/mol. The summed E-state index contributed by atoms with van der Waals surface area (Å²) in [6, 6.07) is 11.0. The molecule has 1 aliphatic carbocycles. The van der Waals surface area contributed by atoms with Gasteiger partial charge in [0.2, 0.25) is 5.82 Å². The Kier molecular flexibility index (Phi) is 8.82. The van der Waals surface area contributed by atoms with Gasteiger partial charge in [0.1, 0.15) is 11.9 Å². The molecule has 0 unspecified atom stereocenters. The van der Waals surface area contributed by atoms with Crippen LogP contribution in [0, 0.1) is 11.3 Å². The van der Waals surface area contributed by atoms with E-state index in [4.69, 9.17) is 4.74 Å². The number of piperidine rings is 1. The van der Waals surface area contributed by atoms with Gasteiger partial charge in [-0.2, -0.15) is 5.26 Å². The molecule has 0 N–H and O–H groups in total. The lowest BCUT2D eigenvalue weighted by atomic mass is 10.0. The number of Topliss-reactive ketones (excluding diaryl/α,β-unsaturated/α-hetero) is 1. The lowest BCUT2D eigenvalue weighted by Gasteiger charge is -2.40. The average Bonchev–Trinajstić information content (AvgIpc) is 3.48. The lowest BCUT2D eigenvalue weighted by Crippen LogP contribution is -2.48. The van der Waals surface area contributed by atoms with Gasteiger partial charge in [0.25, 0.3) is 0 Å². The fourth-order valence-corrected chi connectivity index (χ4v) is 6.31. The van der Waals surface area contributed by atoms with Crippen LogP contribution in [-0.4, -0.2) is 83.6 Å². The number of ketones is 1. The molecule has 1 aromatic carbocycles. The Morgan fingerprint density at radius 2 is 1.78 bits per heavy atom. The van der Waals surface area contributed by atoms with Gasteiger partial charge in [0.15, 0.2) is 5.78 Å². The number of likely N-dealkylation sites (tertiary alicyclic amines) is 1. The number of rotatable bonds is 8. The van der Waals surface area contributed by atoms with Crippen molar-refractivity contribution < 1.29 is 9.53 Å². The van der Waals surface area contributed by atoms with Crippen LogP contribution in [0.4, 0.5) is 5.82 Å². The molecule has 5 rings (SSSR count). The fourth-order valence-electron chi connectivity index (χ4n) is 5.89. The quantitative estimate of drug-likeness (QED) is 0.442. The lowest BCUT2D eigenvalue weighted by molar-refractivity contribution is 0.000231. The van der Waals surface area contributed by atoms with Gasteiger partial charge in [-0.15, -0.1) is 0 Å². The van der Waals surface area contributed by atoms with Crippen molar-refractivity contribution in [3.05, 3.63) is 51.9 Å². The predicted octanol–water partition coefficient (Wildman–Crippen LogP) is 4.04. The van der Waals surface area contributed by atoms with Crippen molar-refractivity contribution in [1.29, 1.82) is 5.26 Å². The number of benzene rings is 1. The summed E-state index contributed by atoms with van der Waals surface area (Å²) in [5, 5.41) is 9.29. The van der Waals surface area contributed by atoms with E-state index in [1.54, 1.807) is 6.20 Å². The zero-order valence-corrected chi connectivity index (χ0v) is 22.9. The van der Waals surface area contributed by atoms with Crippen LogP contribution < -0.4 is 4.90 Å². The number of carbonyl (C=O) groups is 1. The second-order valence-corrected chi connectivity index (χ2v) is 11.2. The van der Waals surface area contributed by atoms with Crippen LogP contribution in [0.1, 0.15) is 60.3 Å². The van der Waals surface area contributed by atoms with Gasteiger partial charge >= 0.3 is 0 Å². The molecule has 0 radical (unpaired) electrons. The van der Waals surface area contributed by atoms with Gasteiger partial charge in [-0.1, -0.05) is 37.1 Å². The summed E-state index contributed by atoms with van der Waals surface area (Å²) in [6.45, 7) is 7.22. The first-order valence-corrected chi connectivity index (χ1v) is 14.3. The van der Waals surface area contributed by atoms with Crippen molar-refractivity contribution in [3.8, 4) is 6.07 Å². The Bertz CT molecular complexity index is 1100. The van der Waals surface area contributed by atoms with Crippen LogP contribution in [0.3, 0.4) is 0 Å². The Balaban J connectivity index is 1.19. The molecule has 0 spiro atoms. The number of halogens is 1. The minimum atomic E-state index is 0.0637. The number of hydrogen-bond acceptors (Lipinski definition) is 8. The third-order valence-corrected chi connectivity index (χ3v) is 8.54. The van der Waals surface area contributed by atoms with Crippen LogP contribution in [0.5, 0.6) is 0 Å². The molecular weight excluding hydrogens is 532 g/mol. The van der Waals surface area contributed by atoms with Crippen molar-refractivity contribution >= 4 is 27.5 Å². The van der Waals surface area contributed by atoms with E-state index in [9.17, 15) is 10.1 Å². The predicted molar refractivity (Wildman–Crippen MR) is 146 cm³/mol. The number of anilines is 1. The van der Waals surface area contributed by atoms with Crippen molar-refractivity contribution in [3.63, 3.8) is 0 Å². The van der Waals surface area contributed by atoms with E-state index in [1.807, 2.05) is 18.2 Å². The van der Waals surface area contributed by atoms with Gasteiger partial charge in [-0.05, 0) is 60.3 Å². The molecule has 1 aromatic heterocycles. The molecule has 0 bridgehead atoms. The molecule has 0 atom stereocenters. The Morgan fingerprint density at radius 3 is 2.46 bits per heavy atom. The maximum absolute atomic E-state index is 13.3. The van der Waals surface area contributed by atoms with Crippen molar-refractivity contribution in [2.75, 3.05) is 50.8 Å². The minimum absolute atomic E-state index is 0.0637. The highest BCUT2D eigenvalue weighted by Crippen LogP contribution is 2.31. The molecule has 2 aliphatic heterocycles. The first kappa shape index (κ1) is 26.2. The van der Waals surface area contributed by atoms with Crippen LogP contribution in [0.2, 0.25) is 0 Å². The summed E-state index contributed by atoms with van der Waals surface area (Å²) in [4.78, 5) is 29.0. The van der Waals surface area contributed by atoms with E-state index in [-0.39, 0.29) is 24.2 Å². The van der Waals surface area contributed by atoms with Crippen molar-refractivity contribution in [1.82, 2.24) is 19.8 Å². The van der Waals surface area contributed by atoms with Gasteiger partial charge in [0.05, 0.1) is 24.2 Å². The zero-order valence-electron chi connectivity index (χ0n) is 21.3. The summed E-state index contributed by atoms with van der Waals surface area (Å²) in [5.74, 6) is 0.810. The van der Waals surface area contributed by atoms with Crippen molar-refractivity contribution in [2.45, 2.75) is 57.2 Å². The van der Waals surface area contributed by atoms with Gasteiger partial charge in [0, 0.05) is 43.5 Å². The highest BCUT2D eigenvalue weighted by Gasteiger charge is 2.28. The third-order valence-electron chi connectivity index (χ3n) is 7.98. The number of carbonyl (C=O) groups excluding carboxylic acids is 1. The second kappa shape index (κ2) is 12.4. The van der Waals surface area contributed by atoms with Crippen molar-refractivity contribution in [2.24, 2.45) is 0 Å². The van der Waals surface area contributed by atoms with E-state index >= 15 is 0 Å². The normalized spacial score (nSPS) is 20.1. The highest BCUT2D eigenvalue weighted by molar-refractivity contribution is 9.10. The minimum Gasteiger partial charge on any atom is -0.379 e. The molecule has 1 saturated carbocycles. The van der Waals surface area contributed by atoms with Gasteiger partial charge in [-0.25, -0.2) is 9.97 Å². The van der Waals surface area contributed by atoms with E-state index in [0.29, 0.717) is 21.9 Å². The Morgan fingerprint density at radius 1 is 1.08 bits per heavy atom. The third kappa shape index (κ3) is 6.55. The first-order chi connectivity index (χ1) is 18.1. The molecule has 0 amide bonds. The molecule has 8 nitrogen and oxygen atoms in total. The number of ether oxygens (including phenoxy) is 1. The molecular formula is C28H35BrN6O2. The van der Waals surface area contributed by atoms with E-state index in [0.717, 1.165) is 71.6 Å². The second-order valence-electron chi connectivity index (χ2n) is 10.3. The molecule has 196 valence electrons. The summed E-state index contributed by atoms with van der Waals surface area (Å²) in [5.41, 5.74) is 1.95. The summed E-state index contributed by atoms with van der Waals surface area (Å²) < 4.78 is 6.21. The summed E-state index contributed by atoms with van der Waals surface area (Å²) in [7, 11) is 0. The first-order valence-electron chi connectivity index (χ1n) is 13.5. The van der Waals surface area contributed by atoms with Crippen LogP contribution >= 0.6 is 15.9 Å². The molecule has 9 heteroatoms. The number of aromatic nitrogens is 2. The standard InChI is InChI=1S/C28H35BrN6O2/c29-25-18-31-27(17-30)32-28(25)35(24-3-1-2-4-24)20-26(36)22-7-5-21(6-8-22)19-33-11-9-23(10-12-33)34-13-15-37-16-14-34/h5-8,18,23-24H,1-4,9-16,19-20H2. The maximum atomic E-state index is 13.3. The van der Waals surface area contributed by atoms with Crippen LogP contribution in [0.25, 0.3) is 0 Å². The molecule has 3 fully saturated rings. The monoisotopic (exact) mass is 566 g/mol. The zero-order chi connectivity index (χ0) is 25.6. The van der Waals surface area contributed by atoms with Gasteiger partial charge < -0.3 is 9.64 Å². The number of morpholine rings is 1. The Hall–Kier alpha value is -2.38. The molecule has 3 heterocycles. The maximum Gasteiger partial charge on any atom is 0.234 e. The van der Waals surface area contributed by atoms with Crippen LogP contribution in [-0.2, 0) is 11.3 Å². The smallest absolute Gasteiger partial charge is 0.234 e. The van der Waals surface area contributed by atoms with E-state index < -0.39 is 0 Å². The number of nitriles is 1. The number of nitrogens with zero attached hydrogens (tertiary/aromatic N) is 6. The largest absolute Gasteiger partial charge is 0.379 e. The van der Waals surface area contributed by atoms with Gasteiger partial charge in [-0.3, -0.25) is 14.6 Å². The Labute approximate surface area is 227 Å². The number of hydrogen-bond donors (Lipinski definition) is 0. The SMILES string of the molecule is N#Cc1ncc(Br)c(N(CC(=O)c2ccc(CN3CCC(N4CCOCC4)CC3)cc2)C2CCCC2)n1.